The van der Waals surface area contributed by atoms with Crippen LogP contribution in [0.4, 0.5) is 0 Å². The second-order valence-electron chi connectivity index (χ2n) is 4.84. The summed E-state index contributed by atoms with van der Waals surface area (Å²) in [5.41, 5.74) is 1.33. The Morgan fingerprint density at radius 3 is 2.82 bits per heavy atom. The maximum absolute atomic E-state index is 11.9. The molecule has 7 heteroatoms. The second kappa shape index (κ2) is 4.74. The Labute approximate surface area is 127 Å². The predicted octanol–water partition coefficient (Wildman–Crippen LogP) is 2.08. The highest BCUT2D eigenvalue weighted by Crippen LogP contribution is 2.33. The van der Waals surface area contributed by atoms with Crippen LogP contribution in [0.15, 0.2) is 51.8 Å². The average Bonchev–Trinajstić information content (AvgIpc) is 3.08. The molecule has 0 atom stereocenters. The molecule has 0 bridgehead atoms. The molecule has 2 aliphatic heterocycles. The third-order valence-electron chi connectivity index (χ3n) is 3.41. The lowest BCUT2D eigenvalue weighted by Crippen LogP contribution is -2.04. The Morgan fingerprint density at radius 1 is 1.09 bits per heavy atom. The highest BCUT2D eigenvalue weighted by atomic mass is 32.2. The molecule has 6 nitrogen and oxygen atoms in total. The summed E-state index contributed by atoms with van der Waals surface area (Å²) in [5, 5.41) is 0. The van der Waals surface area contributed by atoms with Gasteiger partial charge in [0, 0.05) is 0 Å². The van der Waals surface area contributed by atoms with Crippen LogP contribution in [-0.2, 0) is 21.4 Å². The van der Waals surface area contributed by atoms with E-state index in [4.69, 9.17) is 14.2 Å². The molecule has 0 N–H and O–H groups in total. The summed E-state index contributed by atoms with van der Waals surface area (Å²) < 4.78 is 43.7. The molecule has 2 aromatic rings. The molecule has 2 aromatic carbocycles. The number of hydrogen-bond acceptors (Lipinski definition) is 5. The van der Waals surface area contributed by atoms with Gasteiger partial charge in [0.2, 0.25) is 12.7 Å². The average molecular weight is 317 g/mol. The molecular formula is C15H11NO5S. The first kappa shape index (κ1) is 13.1. The number of nitrogens with zero attached hydrogens (tertiary/aromatic N) is 1. The molecule has 0 fully saturated rings. The quantitative estimate of drug-likeness (QED) is 0.848. The Kier molecular flexibility index (Phi) is 2.83. The van der Waals surface area contributed by atoms with E-state index in [1.165, 1.54) is 6.07 Å². The molecule has 0 amide bonds. The van der Waals surface area contributed by atoms with Gasteiger partial charge in [-0.05, 0) is 29.8 Å². The minimum Gasteiger partial charge on any atom is -0.472 e. The second-order valence-corrected chi connectivity index (χ2v) is 6.42. The molecule has 2 aliphatic rings. The molecule has 0 aliphatic carbocycles. The van der Waals surface area contributed by atoms with Crippen molar-refractivity contribution >= 4 is 15.9 Å². The molecule has 0 saturated heterocycles. The number of benzene rings is 2. The Bertz CT molecular complexity index is 889. The van der Waals surface area contributed by atoms with Crippen LogP contribution in [0, 0.1) is 0 Å². The van der Waals surface area contributed by atoms with Crippen LogP contribution in [0.5, 0.6) is 11.5 Å². The number of ether oxygens (including phenoxy) is 3. The summed E-state index contributed by atoms with van der Waals surface area (Å²) in [6.45, 7) is 0.400. The van der Waals surface area contributed by atoms with Crippen molar-refractivity contribution in [3.8, 4) is 11.5 Å². The summed E-state index contributed by atoms with van der Waals surface area (Å²) in [7, 11) is -3.65. The van der Waals surface area contributed by atoms with Crippen molar-refractivity contribution in [1.29, 1.82) is 0 Å². The lowest BCUT2D eigenvalue weighted by atomic mass is 10.2. The fraction of sp³-hybridized carbons (Fsp3) is 0.133. The lowest BCUT2D eigenvalue weighted by Gasteiger charge is -2.06. The molecule has 0 spiro atoms. The van der Waals surface area contributed by atoms with Gasteiger partial charge in [0.1, 0.15) is 11.5 Å². The zero-order valence-corrected chi connectivity index (χ0v) is 12.2. The zero-order chi connectivity index (χ0) is 15.2. The molecule has 0 radical (unpaired) electrons. The Balaban J connectivity index is 1.58. The summed E-state index contributed by atoms with van der Waals surface area (Å²) in [4.78, 5) is 0.177. The van der Waals surface area contributed by atoms with Gasteiger partial charge in [0.05, 0.1) is 5.56 Å². The molecule has 2 heterocycles. The van der Waals surface area contributed by atoms with E-state index < -0.39 is 10.0 Å². The van der Waals surface area contributed by atoms with Crippen molar-refractivity contribution < 1.29 is 22.6 Å². The van der Waals surface area contributed by atoms with E-state index in [0.29, 0.717) is 17.1 Å². The Hall–Kier alpha value is -2.54. The van der Waals surface area contributed by atoms with E-state index in [9.17, 15) is 8.42 Å². The first-order chi connectivity index (χ1) is 10.6. The van der Waals surface area contributed by atoms with E-state index in [1.54, 1.807) is 30.3 Å². The van der Waals surface area contributed by atoms with Crippen molar-refractivity contribution in [3.05, 3.63) is 53.6 Å². The van der Waals surface area contributed by atoms with Crippen molar-refractivity contribution in [3.63, 3.8) is 0 Å². The summed E-state index contributed by atoms with van der Waals surface area (Å²) in [6.07, 6.45) is 0. The normalized spacial score (nSPS) is 17.0. The van der Waals surface area contributed by atoms with Gasteiger partial charge in [0.25, 0.3) is 10.0 Å². The minimum atomic E-state index is -3.65. The van der Waals surface area contributed by atoms with Gasteiger partial charge in [-0.25, -0.2) is 0 Å². The van der Waals surface area contributed by atoms with E-state index >= 15 is 0 Å². The SMILES string of the molecule is O=S1(=O)N=C(OCc2ccc3c(c2)OCO3)c2ccccc21. The molecule has 0 unspecified atom stereocenters. The van der Waals surface area contributed by atoms with Gasteiger partial charge in [-0.1, -0.05) is 18.2 Å². The standard InChI is InChI=1S/C15H11NO5S/c17-22(18)14-4-2-1-3-11(14)15(16-22)19-8-10-5-6-12-13(7-10)21-9-20-12/h1-7H,8-9H2. The van der Waals surface area contributed by atoms with E-state index in [0.717, 1.165) is 5.56 Å². The molecule has 112 valence electrons. The van der Waals surface area contributed by atoms with Crippen LogP contribution in [0.3, 0.4) is 0 Å². The van der Waals surface area contributed by atoms with Gasteiger partial charge >= 0.3 is 0 Å². The number of sulfonamides is 1. The smallest absolute Gasteiger partial charge is 0.286 e. The molecule has 0 saturated carbocycles. The predicted molar refractivity (Wildman–Crippen MR) is 77.5 cm³/mol. The first-order valence-electron chi connectivity index (χ1n) is 6.59. The van der Waals surface area contributed by atoms with Crippen LogP contribution < -0.4 is 9.47 Å². The van der Waals surface area contributed by atoms with Crippen LogP contribution in [0.2, 0.25) is 0 Å². The minimum absolute atomic E-state index is 0.119. The van der Waals surface area contributed by atoms with Crippen molar-refractivity contribution in [2.75, 3.05) is 6.79 Å². The van der Waals surface area contributed by atoms with Gasteiger partial charge in [-0.15, -0.1) is 4.40 Å². The summed E-state index contributed by atoms with van der Waals surface area (Å²) in [6, 6.07) is 12.0. The maximum atomic E-state index is 11.9. The number of fused-ring (bicyclic) bond motifs is 2. The fourth-order valence-corrected chi connectivity index (χ4v) is 3.51. The van der Waals surface area contributed by atoms with Crippen molar-refractivity contribution in [1.82, 2.24) is 0 Å². The topological polar surface area (TPSA) is 74.2 Å². The third kappa shape index (κ3) is 2.10. The highest BCUT2D eigenvalue weighted by molar-refractivity contribution is 7.90. The van der Waals surface area contributed by atoms with Gasteiger partial charge in [0.15, 0.2) is 11.5 Å². The fourth-order valence-electron chi connectivity index (χ4n) is 2.36. The highest BCUT2D eigenvalue weighted by Gasteiger charge is 2.29. The van der Waals surface area contributed by atoms with Gasteiger partial charge in [-0.3, -0.25) is 0 Å². The van der Waals surface area contributed by atoms with Gasteiger partial charge in [-0.2, -0.15) is 8.42 Å². The molecule has 22 heavy (non-hydrogen) atoms. The lowest BCUT2D eigenvalue weighted by molar-refractivity contribution is 0.174. The van der Waals surface area contributed by atoms with Crippen LogP contribution in [-0.4, -0.2) is 21.1 Å². The van der Waals surface area contributed by atoms with E-state index in [2.05, 4.69) is 4.40 Å². The van der Waals surface area contributed by atoms with E-state index in [-0.39, 0.29) is 24.2 Å². The molecular weight excluding hydrogens is 306 g/mol. The zero-order valence-electron chi connectivity index (χ0n) is 11.4. The monoisotopic (exact) mass is 317 g/mol. The van der Waals surface area contributed by atoms with E-state index in [1.807, 2.05) is 6.07 Å². The summed E-state index contributed by atoms with van der Waals surface area (Å²) in [5.74, 6) is 1.46. The van der Waals surface area contributed by atoms with Crippen LogP contribution in [0.1, 0.15) is 11.1 Å². The van der Waals surface area contributed by atoms with Gasteiger partial charge < -0.3 is 14.2 Å². The van der Waals surface area contributed by atoms with Crippen molar-refractivity contribution in [2.45, 2.75) is 11.5 Å². The summed E-state index contributed by atoms with van der Waals surface area (Å²) >= 11 is 0. The van der Waals surface area contributed by atoms with Crippen LogP contribution >= 0.6 is 0 Å². The largest absolute Gasteiger partial charge is 0.472 e. The molecule has 4 rings (SSSR count). The molecule has 0 aromatic heterocycles. The number of hydrogen-bond donors (Lipinski definition) is 0. The number of rotatable bonds is 2. The third-order valence-corrected chi connectivity index (χ3v) is 4.73. The maximum Gasteiger partial charge on any atom is 0.286 e. The van der Waals surface area contributed by atoms with Crippen LogP contribution in [0.25, 0.3) is 0 Å². The Morgan fingerprint density at radius 2 is 1.91 bits per heavy atom. The van der Waals surface area contributed by atoms with Crippen molar-refractivity contribution in [2.24, 2.45) is 4.40 Å². The first-order valence-corrected chi connectivity index (χ1v) is 8.03.